The third kappa shape index (κ3) is 3.58. The van der Waals surface area contributed by atoms with Crippen molar-refractivity contribution in [1.82, 2.24) is 10.2 Å². The molecule has 1 atom stereocenters. The fourth-order valence-electron chi connectivity index (χ4n) is 4.34. The van der Waals surface area contributed by atoms with Crippen molar-refractivity contribution in [3.63, 3.8) is 0 Å². The highest BCUT2D eigenvalue weighted by Gasteiger charge is 2.40. The average molecular weight is 346 g/mol. The topological polar surface area (TPSA) is 32.3 Å². The molecule has 1 fully saturated rings. The van der Waals surface area contributed by atoms with Crippen LogP contribution in [0.15, 0.2) is 60.2 Å². The molecule has 134 valence electrons. The number of amides is 1. The molecule has 2 aromatic rings. The molecule has 1 saturated heterocycles. The van der Waals surface area contributed by atoms with Crippen LogP contribution in [-0.2, 0) is 6.42 Å². The molecule has 1 unspecified atom stereocenters. The van der Waals surface area contributed by atoms with Crippen LogP contribution in [-0.4, -0.2) is 36.0 Å². The van der Waals surface area contributed by atoms with Crippen molar-refractivity contribution in [3.05, 3.63) is 76.9 Å². The Bertz CT molecular complexity index is 827. The molecule has 3 nitrogen and oxygen atoms in total. The maximum atomic E-state index is 12.7. The molecule has 1 amide bonds. The van der Waals surface area contributed by atoms with Crippen molar-refractivity contribution in [2.45, 2.75) is 31.7 Å². The standard InChI is InChI=1S/C23H26N2O/c1-18(15-19-7-3-2-4-8-19)16-25-14-13-23(17-25)12-11-20-9-5-6-10-21(20)22(26)24-23/h2-10,15H,11-14,16-17H2,1H3,(H,24,26)/b18-15+. The lowest BCUT2D eigenvalue weighted by molar-refractivity contribution is 0.0903. The first-order chi connectivity index (χ1) is 12.6. The van der Waals surface area contributed by atoms with Gasteiger partial charge in [0.2, 0.25) is 0 Å². The maximum Gasteiger partial charge on any atom is 0.252 e. The number of hydrogen-bond acceptors (Lipinski definition) is 2. The van der Waals surface area contributed by atoms with Crippen LogP contribution in [0.5, 0.6) is 0 Å². The number of likely N-dealkylation sites (tertiary alicyclic amines) is 1. The second-order valence-electron chi connectivity index (χ2n) is 7.75. The summed E-state index contributed by atoms with van der Waals surface area (Å²) in [7, 11) is 0. The van der Waals surface area contributed by atoms with Gasteiger partial charge in [-0.1, -0.05) is 60.2 Å². The molecule has 2 aliphatic rings. The van der Waals surface area contributed by atoms with Gasteiger partial charge in [-0.25, -0.2) is 0 Å². The van der Waals surface area contributed by atoms with Crippen molar-refractivity contribution >= 4 is 12.0 Å². The van der Waals surface area contributed by atoms with Gasteiger partial charge in [-0.05, 0) is 43.4 Å². The van der Waals surface area contributed by atoms with Gasteiger partial charge in [-0.15, -0.1) is 0 Å². The summed E-state index contributed by atoms with van der Waals surface area (Å²) < 4.78 is 0. The fourth-order valence-corrected chi connectivity index (χ4v) is 4.34. The molecule has 2 aliphatic heterocycles. The lowest BCUT2D eigenvalue weighted by atomic mass is 9.91. The molecule has 0 aromatic heterocycles. The van der Waals surface area contributed by atoms with Crippen molar-refractivity contribution in [3.8, 4) is 0 Å². The minimum atomic E-state index is -0.0802. The molecule has 0 aliphatic carbocycles. The SMILES string of the molecule is C/C(=C\c1ccccc1)CN1CCC2(CCc3ccccc3C(=O)N2)C1. The van der Waals surface area contributed by atoms with Gasteiger partial charge in [0, 0.05) is 25.2 Å². The summed E-state index contributed by atoms with van der Waals surface area (Å²) >= 11 is 0. The number of fused-ring (bicyclic) bond motifs is 1. The number of nitrogens with zero attached hydrogens (tertiary/aromatic N) is 1. The van der Waals surface area contributed by atoms with Crippen LogP contribution in [0.4, 0.5) is 0 Å². The van der Waals surface area contributed by atoms with Crippen LogP contribution in [0.25, 0.3) is 6.08 Å². The quantitative estimate of drug-likeness (QED) is 0.914. The van der Waals surface area contributed by atoms with E-state index in [0.717, 1.165) is 44.5 Å². The van der Waals surface area contributed by atoms with Crippen LogP contribution in [0.2, 0.25) is 0 Å². The van der Waals surface area contributed by atoms with Crippen LogP contribution < -0.4 is 5.32 Å². The first kappa shape index (κ1) is 17.0. The van der Waals surface area contributed by atoms with E-state index < -0.39 is 0 Å². The second-order valence-corrected chi connectivity index (χ2v) is 7.75. The van der Waals surface area contributed by atoms with E-state index in [-0.39, 0.29) is 11.4 Å². The van der Waals surface area contributed by atoms with Gasteiger partial charge in [0.15, 0.2) is 0 Å². The number of nitrogens with one attached hydrogen (secondary N) is 1. The highest BCUT2D eigenvalue weighted by molar-refractivity contribution is 5.96. The molecule has 0 saturated carbocycles. The number of aryl methyl sites for hydroxylation is 1. The van der Waals surface area contributed by atoms with Gasteiger partial charge in [-0.2, -0.15) is 0 Å². The fraction of sp³-hybridized carbons (Fsp3) is 0.348. The first-order valence-corrected chi connectivity index (χ1v) is 9.49. The Balaban J connectivity index is 1.44. The number of benzene rings is 2. The third-order valence-corrected chi connectivity index (χ3v) is 5.63. The highest BCUT2D eigenvalue weighted by Crippen LogP contribution is 2.31. The Hall–Kier alpha value is -2.39. The molecular formula is C23H26N2O. The molecule has 3 heteroatoms. The Kier molecular flexibility index (Phi) is 4.64. The smallest absolute Gasteiger partial charge is 0.252 e. The largest absolute Gasteiger partial charge is 0.345 e. The van der Waals surface area contributed by atoms with Crippen LogP contribution >= 0.6 is 0 Å². The molecule has 2 aromatic carbocycles. The molecule has 1 spiro atoms. The number of carbonyl (C=O) groups excluding carboxylic acids is 1. The minimum absolute atomic E-state index is 0.0802. The Morgan fingerprint density at radius 3 is 2.73 bits per heavy atom. The van der Waals surface area contributed by atoms with Gasteiger partial charge >= 0.3 is 0 Å². The number of carbonyl (C=O) groups is 1. The van der Waals surface area contributed by atoms with E-state index >= 15 is 0 Å². The summed E-state index contributed by atoms with van der Waals surface area (Å²) in [4.78, 5) is 15.2. The number of rotatable bonds is 3. The molecule has 0 radical (unpaired) electrons. The molecule has 26 heavy (non-hydrogen) atoms. The predicted octanol–water partition coefficient (Wildman–Crippen LogP) is 3.91. The monoisotopic (exact) mass is 346 g/mol. The summed E-state index contributed by atoms with van der Waals surface area (Å²) in [5.41, 5.74) is 4.56. The summed E-state index contributed by atoms with van der Waals surface area (Å²) in [6.45, 7) is 5.13. The van der Waals surface area contributed by atoms with Crippen LogP contribution in [0.1, 0.15) is 41.3 Å². The van der Waals surface area contributed by atoms with E-state index in [0.29, 0.717) is 0 Å². The Morgan fingerprint density at radius 1 is 1.12 bits per heavy atom. The normalized spacial score (nSPS) is 23.6. The van der Waals surface area contributed by atoms with E-state index in [4.69, 9.17) is 0 Å². The lowest BCUT2D eigenvalue weighted by Crippen LogP contribution is -2.49. The summed E-state index contributed by atoms with van der Waals surface area (Å²) in [5.74, 6) is 0.0940. The highest BCUT2D eigenvalue weighted by atomic mass is 16.1. The zero-order valence-electron chi connectivity index (χ0n) is 15.4. The summed E-state index contributed by atoms with van der Waals surface area (Å²) in [5, 5.41) is 3.36. The van der Waals surface area contributed by atoms with Gasteiger partial charge < -0.3 is 5.32 Å². The van der Waals surface area contributed by atoms with Gasteiger partial charge in [-0.3, -0.25) is 9.69 Å². The van der Waals surface area contributed by atoms with Crippen molar-refractivity contribution < 1.29 is 4.79 Å². The van der Waals surface area contributed by atoms with E-state index in [1.165, 1.54) is 16.7 Å². The van der Waals surface area contributed by atoms with Crippen molar-refractivity contribution in [2.24, 2.45) is 0 Å². The lowest BCUT2D eigenvalue weighted by Gasteiger charge is -2.29. The summed E-state index contributed by atoms with van der Waals surface area (Å²) in [6, 6.07) is 18.5. The Labute approximate surface area is 155 Å². The van der Waals surface area contributed by atoms with Crippen molar-refractivity contribution in [2.75, 3.05) is 19.6 Å². The Morgan fingerprint density at radius 2 is 1.88 bits per heavy atom. The molecule has 2 heterocycles. The first-order valence-electron chi connectivity index (χ1n) is 9.49. The van der Waals surface area contributed by atoms with Gasteiger partial charge in [0.1, 0.15) is 0 Å². The number of hydrogen-bond donors (Lipinski definition) is 1. The minimum Gasteiger partial charge on any atom is -0.345 e. The summed E-state index contributed by atoms with van der Waals surface area (Å²) in [6.07, 6.45) is 5.28. The van der Waals surface area contributed by atoms with Gasteiger partial charge in [0.05, 0.1) is 5.54 Å². The second kappa shape index (κ2) is 7.08. The maximum absolute atomic E-state index is 12.7. The van der Waals surface area contributed by atoms with E-state index in [1.807, 2.05) is 24.3 Å². The third-order valence-electron chi connectivity index (χ3n) is 5.63. The molecule has 1 N–H and O–H groups in total. The van der Waals surface area contributed by atoms with Crippen molar-refractivity contribution in [1.29, 1.82) is 0 Å². The van der Waals surface area contributed by atoms with Crippen LogP contribution in [0.3, 0.4) is 0 Å². The van der Waals surface area contributed by atoms with E-state index in [2.05, 4.69) is 53.5 Å². The molecular weight excluding hydrogens is 320 g/mol. The van der Waals surface area contributed by atoms with Crippen LogP contribution in [0, 0.1) is 0 Å². The molecule has 0 bridgehead atoms. The predicted molar refractivity (Wildman–Crippen MR) is 106 cm³/mol. The van der Waals surface area contributed by atoms with E-state index in [9.17, 15) is 4.79 Å². The average Bonchev–Trinajstić information content (AvgIpc) is 2.96. The van der Waals surface area contributed by atoms with E-state index in [1.54, 1.807) is 0 Å². The van der Waals surface area contributed by atoms with Gasteiger partial charge in [0.25, 0.3) is 5.91 Å². The zero-order chi connectivity index (χ0) is 18.0. The molecule has 4 rings (SSSR count). The zero-order valence-corrected chi connectivity index (χ0v) is 15.4.